The van der Waals surface area contributed by atoms with Gasteiger partial charge >= 0.3 is 0 Å². The molecule has 2 N–H and O–H groups in total. The number of rotatable bonds is 6. The average molecular weight is 240 g/mol. The number of hydrogen-bond donors (Lipinski definition) is 2. The van der Waals surface area contributed by atoms with Crippen LogP contribution in [-0.4, -0.2) is 29.3 Å². The molecule has 4 heteroatoms. The van der Waals surface area contributed by atoms with Crippen LogP contribution >= 0.6 is 0 Å². The van der Waals surface area contributed by atoms with Crippen molar-refractivity contribution in [3.05, 3.63) is 0 Å². The summed E-state index contributed by atoms with van der Waals surface area (Å²) >= 11 is 0. The van der Waals surface area contributed by atoms with Crippen LogP contribution < -0.4 is 10.6 Å². The van der Waals surface area contributed by atoms with E-state index >= 15 is 0 Å². The molecule has 0 spiro atoms. The third-order valence-electron chi connectivity index (χ3n) is 2.64. The third kappa shape index (κ3) is 5.31. The average Bonchev–Trinajstić information content (AvgIpc) is 2.97. The van der Waals surface area contributed by atoms with Gasteiger partial charge in [-0.05, 0) is 40.0 Å². The van der Waals surface area contributed by atoms with Crippen LogP contribution in [-0.2, 0) is 9.59 Å². The van der Waals surface area contributed by atoms with Gasteiger partial charge in [0.1, 0.15) is 0 Å². The molecule has 0 aromatic heterocycles. The minimum atomic E-state index is -0.428. The van der Waals surface area contributed by atoms with Crippen LogP contribution in [0.3, 0.4) is 0 Å². The molecule has 0 heterocycles. The van der Waals surface area contributed by atoms with E-state index in [0.717, 1.165) is 19.3 Å². The molecule has 0 aliphatic heterocycles. The highest BCUT2D eigenvalue weighted by atomic mass is 16.2. The summed E-state index contributed by atoms with van der Waals surface area (Å²) in [6, 6.07) is -0.123. The summed E-state index contributed by atoms with van der Waals surface area (Å²) < 4.78 is 0. The number of carbonyl (C=O) groups is 2. The lowest BCUT2D eigenvalue weighted by atomic mass is 10.0. The fourth-order valence-corrected chi connectivity index (χ4v) is 1.72. The van der Waals surface area contributed by atoms with Crippen molar-refractivity contribution in [3.63, 3.8) is 0 Å². The molecule has 1 atom stereocenters. The van der Waals surface area contributed by atoms with Gasteiger partial charge in [0.2, 0.25) is 5.78 Å². The Morgan fingerprint density at radius 2 is 1.88 bits per heavy atom. The number of amides is 1. The predicted molar refractivity (Wildman–Crippen MR) is 67.8 cm³/mol. The standard InChI is InChI=1S/C13H24N2O2/c1-5-6-10(15-13(2,3)4)11(16)12(17)14-9-7-8-9/h9-10,15H,5-8H2,1-4H3,(H,14,17)/t10-/m0/s1. The first kappa shape index (κ1) is 14.2. The van der Waals surface area contributed by atoms with Crippen LogP contribution in [0.1, 0.15) is 53.4 Å². The van der Waals surface area contributed by atoms with Crippen LogP contribution in [0.25, 0.3) is 0 Å². The van der Waals surface area contributed by atoms with Gasteiger partial charge in [0.05, 0.1) is 6.04 Å². The largest absolute Gasteiger partial charge is 0.347 e. The lowest BCUT2D eigenvalue weighted by molar-refractivity contribution is -0.139. The molecule has 0 bridgehead atoms. The quantitative estimate of drug-likeness (QED) is 0.690. The van der Waals surface area contributed by atoms with Crippen molar-refractivity contribution in [1.29, 1.82) is 0 Å². The second-order valence-corrected chi connectivity index (χ2v) is 5.85. The monoisotopic (exact) mass is 240 g/mol. The van der Waals surface area contributed by atoms with Crippen LogP contribution in [0.5, 0.6) is 0 Å². The predicted octanol–water partition coefficient (Wildman–Crippen LogP) is 1.39. The lowest BCUT2D eigenvalue weighted by Crippen LogP contribution is -2.52. The van der Waals surface area contributed by atoms with Crippen molar-refractivity contribution in [2.75, 3.05) is 0 Å². The minimum Gasteiger partial charge on any atom is -0.347 e. The molecule has 1 saturated carbocycles. The normalized spacial score (nSPS) is 17.6. The fourth-order valence-electron chi connectivity index (χ4n) is 1.72. The summed E-state index contributed by atoms with van der Waals surface area (Å²) in [7, 11) is 0. The summed E-state index contributed by atoms with van der Waals surface area (Å²) in [6.45, 7) is 8.02. The molecule has 0 saturated heterocycles. The molecular weight excluding hydrogens is 216 g/mol. The molecular formula is C13H24N2O2. The smallest absolute Gasteiger partial charge is 0.289 e. The number of ketones is 1. The van der Waals surface area contributed by atoms with Gasteiger partial charge in [0.25, 0.3) is 5.91 Å². The fraction of sp³-hybridized carbons (Fsp3) is 0.846. The zero-order valence-electron chi connectivity index (χ0n) is 11.3. The Bertz CT molecular complexity index is 290. The van der Waals surface area contributed by atoms with Crippen LogP contribution in [0.4, 0.5) is 0 Å². The Morgan fingerprint density at radius 3 is 2.29 bits per heavy atom. The van der Waals surface area contributed by atoms with Crippen molar-refractivity contribution in [1.82, 2.24) is 10.6 Å². The van der Waals surface area contributed by atoms with E-state index in [1.165, 1.54) is 0 Å². The molecule has 0 aromatic carbocycles. The van der Waals surface area contributed by atoms with Crippen molar-refractivity contribution in [2.24, 2.45) is 0 Å². The van der Waals surface area contributed by atoms with E-state index in [9.17, 15) is 9.59 Å². The molecule has 1 fully saturated rings. The summed E-state index contributed by atoms with van der Waals surface area (Å²) in [5, 5.41) is 5.97. The Kier molecular flexibility index (Phi) is 4.69. The number of carbonyl (C=O) groups excluding carboxylic acids is 2. The molecule has 1 rings (SSSR count). The van der Waals surface area contributed by atoms with E-state index in [-0.39, 0.29) is 23.4 Å². The highest BCUT2D eigenvalue weighted by Crippen LogP contribution is 2.18. The Labute approximate surface area is 104 Å². The summed E-state index contributed by atoms with van der Waals surface area (Å²) in [5.41, 5.74) is -0.157. The number of hydrogen-bond acceptors (Lipinski definition) is 3. The van der Waals surface area contributed by atoms with Gasteiger partial charge in [-0.3, -0.25) is 9.59 Å². The number of Topliss-reactive ketones (excluding diaryl/α,β-unsaturated/α-hetero) is 1. The highest BCUT2D eigenvalue weighted by Gasteiger charge is 2.31. The Hall–Kier alpha value is -0.900. The minimum absolute atomic E-state index is 0.157. The van der Waals surface area contributed by atoms with Crippen molar-refractivity contribution in [3.8, 4) is 0 Å². The van der Waals surface area contributed by atoms with Gasteiger partial charge in [-0.25, -0.2) is 0 Å². The Balaban J connectivity index is 2.54. The van der Waals surface area contributed by atoms with E-state index in [1.807, 2.05) is 27.7 Å². The summed E-state index contributed by atoms with van der Waals surface area (Å²) in [6.07, 6.45) is 3.60. The van der Waals surface area contributed by atoms with Crippen molar-refractivity contribution in [2.45, 2.75) is 71.0 Å². The maximum absolute atomic E-state index is 12.0. The van der Waals surface area contributed by atoms with Gasteiger partial charge in [0, 0.05) is 11.6 Å². The zero-order valence-corrected chi connectivity index (χ0v) is 11.3. The van der Waals surface area contributed by atoms with Crippen LogP contribution in [0.2, 0.25) is 0 Å². The SMILES string of the molecule is CCC[C@H](NC(C)(C)C)C(=O)C(=O)NC1CC1. The lowest BCUT2D eigenvalue weighted by Gasteiger charge is -2.27. The third-order valence-corrected chi connectivity index (χ3v) is 2.64. The van der Waals surface area contributed by atoms with Gasteiger partial charge in [0.15, 0.2) is 0 Å². The maximum Gasteiger partial charge on any atom is 0.289 e. The van der Waals surface area contributed by atoms with E-state index in [0.29, 0.717) is 6.42 Å². The molecule has 1 aliphatic rings. The van der Waals surface area contributed by atoms with Crippen molar-refractivity contribution >= 4 is 11.7 Å². The first-order chi connectivity index (χ1) is 7.83. The Morgan fingerprint density at radius 1 is 1.29 bits per heavy atom. The van der Waals surface area contributed by atoms with Gasteiger partial charge in [-0.2, -0.15) is 0 Å². The van der Waals surface area contributed by atoms with Gasteiger partial charge in [-0.15, -0.1) is 0 Å². The van der Waals surface area contributed by atoms with E-state index in [2.05, 4.69) is 10.6 Å². The molecule has 0 aromatic rings. The first-order valence-corrected chi connectivity index (χ1v) is 6.46. The molecule has 4 nitrogen and oxygen atoms in total. The number of nitrogens with one attached hydrogen (secondary N) is 2. The van der Waals surface area contributed by atoms with E-state index in [1.54, 1.807) is 0 Å². The molecule has 1 aliphatic carbocycles. The second-order valence-electron chi connectivity index (χ2n) is 5.85. The van der Waals surface area contributed by atoms with E-state index < -0.39 is 5.91 Å². The topological polar surface area (TPSA) is 58.2 Å². The second kappa shape index (κ2) is 5.63. The van der Waals surface area contributed by atoms with Gasteiger partial charge < -0.3 is 10.6 Å². The molecule has 0 unspecified atom stereocenters. The molecule has 1 amide bonds. The van der Waals surface area contributed by atoms with Crippen LogP contribution in [0, 0.1) is 0 Å². The highest BCUT2D eigenvalue weighted by molar-refractivity contribution is 6.38. The van der Waals surface area contributed by atoms with Crippen LogP contribution in [0.15, 0.2) is 0 Å². The van der Waals surface area contributed by atoms with Crippen molar-refractivity contribution < 1.29 is 9.59 Å². The molecule has 0 radical (unpaired) electrons. The summed E-state index contributed by atoms with van der Waals surface area (Å²) in [4.78, 5) is 23.7. The maximum atomic E-state index is 12.0. The van der Waals surface area contributed by atoms with E-state index in [4.69, 9.17) is 0 Å². The van der Waals surface area contributed by atoms with Gasteiger partial charge in [-0.1, -0.05) is 13.3 Å². The first-order valence-electron chi connectivity index (χ1n) is 6.46. The molecule has 17 heavy (non-hydrogen) atoms. The summed E-state index contributed by atoms with van der Waals surface area (Å²) in [5.74, 6) is -0.753. The molecule has 98 valence electrons. The zero-order chi connectivity index (χ0) is 13.1.